The Labute approximate surface area is 97.3 Å². The Morgan fingerprint density at radius 3 is 2.87 bits per heavy atom. The van der Waals surface area contributed by atoms with E-state index in [4.69, 9.17) is 0 Å². The summed E-state index contributed by atoms with van der Waals surface area (Å²) in [4.78, 5) is 4.25. The summed E-state index contributed by atoms with van der Waals surface area (Å²) in [5.41, 5.74) is 1.08. The number of rotatable bonds is 3. The van der Waals surface area contributed by atoms with Crippen molar-refractivity contribution in [2.45, 2.75) is 6.54 Å². The van der Waals surface area contributed by atoms with Crippen molar-refractivity contribution in [1.82, 2.24) is 9.55 Å². The zero-order valence-corrected chi connectivity index (χ0v) is 10.0. The number of halogens is 1. The molecule has 0 saturated heterocycles. The van der Waals surface area contributed by atoms with Gasteiger partial charge in [0.1, 0.15) is 5.82 Å². The Morgan fingerprint density at radius 1 is 1.40 bits per heavy atom. The van der Waals surface area contributed by atoms with Crippen molar-refractivity contribution in [3.05, 3.63) is 47.0 Å². The molecule has 0 saturated carbocycles. The molecular formula is C11H12BrN3. The third kappa shape index (κ3) is 2.39. The van der Waals surface area contributed by atoms with Gasteiger partial charge in [0.2, 0.25) is 0 Å². The minimum Gasteiger partial charge on any atom is -0.377 e. The second-order valence-corrected chi connectivity index (χ2v) is 4.14. The molecule has 2 aromatic rings. The minimum atomic E-state index is 0.728. The van der Waals surface area contributed by atoms with Gasteiger partial charge in [0.05, 0.1) is 6.54 Å². The number of benzene rings is 1. The number of nitrogens with one attached hydrogen (secondary N) is 1. The van der Waals surface area contributed by atoms with Gasteiger partial charge in [0, 0.05) is 29.6 Å². The summed E-state index contributed by atoms with van der Waals surface area (Å²) in [6, 6.07) is 8.05. The van der Waals surface area contributed by atoms with Gasteiger partial charge in [-0.2, -0.15) is 0 Å². The van der Waals surface area contributed by atoms with Gasteiger partial charge in [-0.15, -0.1) is 0 Å². The highest BCUT2D eigenvalue weighted by Gasteiger charge is 2.00. The fourth-order valence-electron chi connectivity index (χ4n) is 1.35. The predicted octanol–water partition coefficient (Wildman–Crippen LogP) is 2.79. The van der Waals surface area contributed by atoms with E-state index in [0.29, 0.717) is 0 Å². The van der Waals surface area contributed by atoms with E-state index >= 15 is 0 Å². The van der Waals surface area contributed by atoms with Crippen LogP contribution in [0.1, 0.15) is 5.82 Å². The molecule has 3 nitrogen and oxygen atoms in total. The van der Waals surface area contributed by atoms with Crippen LogP contribution >= 0.6 is 15.9 Å². The summed E-state index contributed by atoms with van der Waals surface area (Å²) < 4.78 is 3.07. The Morgan fingerprint density at radius 2 is 2.20 bits per heavy atom. The predicted molar refractivity (Wildman–Crippen MR) is 64.7 cm³/mol. The topological polar surface area (TPSA) is 29.9 Å². The molecule has 0 spiro atoms. The molecule has 0 aliphatic heterocycles. The van der Waals surface area contributed by atoms with Crippen molar-refractivity contribution in [2.75, 3.05) is 5.32 Å². The lowest BCUT2D eigenvalue weighted by atomic mass is 10.3. The molecule has 1 aromatic heterocycles. The first-order valence-electron chi connectivity index (χ1n) is 4.72. The van der Waals surface area contributed by atoms with E-state index in [2.05, 4.69) is 26.2 Å². The van der Waals surface area contributed by atoms with Gasteiger partial charge >= 0.3 is 0 Å². The first-order valence-corrected chi connectivity index (χ1v) is 5.51. The van der Waals surface area contributed by atoms with Crippen LogP contribution in [0.15, 0.2) is 41.1 Å². The Kier molecular flexibility index (Phi) is 3.06. The summed E-state index contributed by atoms with van der Waals surface area (Å²) in [5, 5.41) is 3.33. The van der Waals surface area contributed by atoms with Crippen molar-refractivity contribution in [3.8, 4) is 0 Å². The van der Waals surface area contributed by atoms with Crippen LogP contribution < -0.4 is 5.32 Å². The molecule has 0 unspecified atom stereocenters. The second kappa shape index (κ2) is 4.49. The monoisotopic (exact) mass is 265 g/mol. The van der Waals surface area contributed by atoms with E-state index in [0.717, 1.165) is 22.5 Å². The van der Waals surface area contributed by atoms with Crippen molar-refractivity contribution in [2.24, 2.45) is 7.05 Å². The average Bonchev–Trinajstić information content (AvgIpc) is 2.63. The molecule has 78 valence electrons. The van der Waals surface area contributed by atoms with E-state index < -0.39 is 0 Å². The van der Waals surface area contributed by atoms with Gasteiger partial charge < -0.3 is 9.88 Å². The van der Waals surface area contributed by atoms with Crippen molar-refractivity contribution >= 4 is 21.6 Å². The van der Waals surface area contributed by atoms with Gasteiger partial charge in [0.15, 0.2) is 0 Å². The summed E-state index contributed by atoms with van der Waals surface area (Å²) >= 11 is 3.49. The molecule has 1 N–H and O–H groups in total. The molecule has 15 heavy (non-hydrogen) atoms. The number of aryl methyl sites for hydroxylation is 1. The van der Waals surface area contributed by atoms with Gasteiger partial charge in [-0.05, 0) is 28.1 Å². The quantitative estimate of drug-likeness (QED) is 0.925. The number of anilines is 1. The smallest absolute Gasteiger partial charge is 0.127 e. The third-order valence-corrected chi connectivity index (χ3v) is 2.92. The zero-order valence-electron chi connectivity index (χ0n) is 8.44. The fourth-order valence-corrected chi connectivity index (χ4v) is 1.77. The standard InChI is InChI=1S/C11H12BrN3/c1-15-7-6-13-11(15)8-14-10-5-3-2-4-9(10)12/h2-7,14H,8H2,1H3. The summed E-state index contributed by atoms with van der Waals surface area (Å²) in [6.45, 7) is 0.728. The molecular weight excluding hydrogens is 254 g/mol. The maximum Gasteiger partial charge on any atom is 0.127 e. The van der Waals surface area contributed by atoms with E-state index in [-0.39, 0.29) is 0 Å². The number of nitrogens with zero attached hydrogens (tertiary/aromatic N) is 2. The van der Waals surface area contributed by atoms with Crippen molar-refractivity contribution in [3.63, 3.8) is 0 Å². The molecule has 0 fully saturated rings. The van der Waals surface area contributed by atoms with Gasteiger partial charge in [-0.3, -0.25) is 0 Å². The molecule has 0 amide bonds. The Bertz CT molecular complexity index is 451. The number of aromatic nitrogens is 2. The largest absolute Gasteiger partial charge is 0.377 e. The molecule has 1 aromatic carbocycles. The lowest BCUT2D eigenvalue weighted by Crippen LogP contribution is -2.05. The van der Waals surface area contributed by atoms with Crippen LogP contribution in [-0.2, 0) is 13.6 Å². The molecule has 4 heteroatoms. The summed E-state index contributed by atoms with van der Waals surface area (Å²) in [6.07, 6.45) is 3.74. The fraction of sp³-hybridized carbons (Fsp3) is 0.182. The van der Waals surface area contributed by atoms with Gasteiger partial charge in [-0.25, -0.2) is 4.98 Å². The minimum absolute atomic E-state index is 0.728. The van der Waals surface area contributed by atoms with E-state index in [1.807, 2.05) is 42.1 Å². The first kappa shape index (κ1) is 10.2. The Balaban J connectivity index is 2.06. The SMILES string of the molecule is Cn1ccnc1CNc1ccccc1Br. The molecule has 0 atom stereocenters. The van der Waals surface area contributed by atoms with Crippen molar-refractivity contribution in [1.29, 1.82) is 0 Å². The number of para-hydroxylation sites is 1. The number of hydrogen-bond donors (Lipinski definition) is 1. The highest BCUT2D eigenvalue weighted by Crippen LogP contribution is 2.21. The van der Waals surface area contributed by atoms with Gasteiger partial charge in [-0.1, -0.05) is 12.1 Å². The van der Waals surface area contributed by atoms with Crippen LogP contribution in [0, 0.1) is 0 Å². The first-order chi connectivity index (χ1) is 7.27. The maximum atomic E-state index is 4.25. The lowest BCUT2D eigenvalue weighted by Gasteiger charge is -2.07. The van der Waals surface area contributed by atoms with Crippen LogP contribution in [0.3, 0.4) is 0 Å². The highest BCUT2D eigenvalue weighted by molar-refractivity contribution is 9.10. The number of imidazole rings is 1. The summed E-state index contributed by atoms with van der Waals surface area (Å²) in [5.74, 6) is 1.02. The normalized spacial score (nSPS) is 10.3. The molecule has 0 aliphatic rings. The number of hydrogen-bond acceptors (Lipinski definition) is 2. The zero-order chi connectivity index (χ0) is 10.7. The Hall–Kier alpha value is -1.29. The lowest BCUT2D eigenvalue weighted by molar-refractivity contribution is 0.812. The third-order valence-electron chi connectivity index (χ3n) is 2.23. The van der Waals surface area contributed by atoms with Crippen LogP contribution in [0.2, 0.25) is 0 Å². The van der Waals surface area contributed by atoms with E-state index in [9.17, 15) is 0 Å². The van der Waals surface area contributed by atoms with E-state index in [1.165, 1.54) is 0 Å². The second-order valence-electron chi connectivity index (χ2n) is 3.29. The average molecular weight is 266 g/mol. The van der Waals surface area contributed by atoms with Crippen LogP contribution in [0.4, 0.5) is 5.69 Å². The molecule has 1 heterocycles. The van der Waals surface area contributed by atoms with E-state index in [1.54, 1.807) is 6.20 Å². The van der Waals surface area contributed by atoms with Crippen LogP contribution in [0.25, 0.3) is 0 Å². The highest BCUT2D eigenvalue weighted by atomic mass is 79.9. The molecule has 0 radical (unpaired) electrons. The maximum absolute atomic E-state index is 4.25. The summed E-state index contributed by atoms with van der Waals surface area (Å²) in [7, 11) is 1.99. The van der Waals surface area contributed by atoms with Gasteiger partial charge in [0.25, 0.3) is 0 Å². The van der Waals surface area contributed by atoms with Crippen LogP contribution in [0.5, 0.6) is 0 Å². The molecule has 2 rings (SSSR count). The van der Waals surface area contributed by atoms with Crippen molar-refractivity contribution < 1.29 is 0 Å². The molecule has 0 bridgehead atoms. The molecule has 0 aliphatic carbocycles. The van der Waals surface area contributed by atoms with Crippen LogP contribution in [-0.4, -0.2) is 9.55 Å².